The van der Waals surface area contributed by atoms with Crippen molar-refractivity contribution in [1.29, 1.82) is 0 Å². The number of amides is 2. The highest BCUT2D eigenvalue weighted by Gasteiger charge is 1.99. The summed E-state index contributed by atoms with van der Waals surface area (Å²) < 4.78 is 10.1. The molecule has 0 aliphatic rings. The number of furan rings is 1. The Kier molecular flexibility index (Phi) is 4.23. The lowest BCUT2D eigenvalue weighted by atomic mass is 10.3. The molecule has 0 radical (unpaired) electrons. The topological polar surface area (TPSA) is 63.5 Å². The number of anilines is 1. The predicted molar refractivity (Wildman–Crippen MR) is 72.9 cm³/mol. The molecule has 5 heteroatoms. The van der Waals surface area contributed by atoms with Gasteiger partial charge in [0.1, 0.15) is 11.5 Å². The fourth-order valence-corrected chi connectivity index (χ4v) is 1.43. The number of benzene rings is 1. The van der Waals surface area contributed by atoms with Crippen LogP contribution in [-0.2, 0) is 0 Å². The van der Waals surface area contributed by atoms with Crippen LogP contribution in [0.3, 0.4) is 0 Å². The zero-order chi connectivity index (χ0) is 13.5. The molecule has 0 unspecified atom stereocenters. The largest absolute Gasteiger partial charge is 0.497 e. The van der Waals surface area contributed by atoms with Gasteiger partial charge in [0, 0.05) is 11.9 Å². The number of hydrogen-bond donors (Lipinski definition) is 2. The molecule has 2 N–H and O–H groups in total. The van der Waals surface area contributed by atoms with Gasteiger partial charge in [-0.2, -0.15) is 0 Å². The molecule has 2 amide bonds. The quantitative estimate of drug-likeness (QED) is 0.885. The average Bonchev–Trinajstić information content (AvgIpc) is 2.93. The number of methoxy groups -OCH3 is 1. The molecule has 1 aromatic carbocycles. The van der Waals surface area contributed by atoms with Crippen molar-refractivity contribution < 1.29 is 13.9 Å². The van der Waals surface area contributed by atoms with Gasteiger partial charge in [0.05, 0.1) is 13.4 Å². The fraction of sp³-hybridized carbons (Fsp3) is 0.0714. The minimum absolute atomic E-state index is 0.326. The Labute approximate surface area is 110 Å². The van der Waals surface area contributed by atoms with Crippen LogP contribution < -0.4 is 15.4 Å². The summed E-state index contributed by atoms with van der Waals surface area (Å²) in [6.07, 6.45) is 4.74. The minimum Gasteiger partial charge on any atom is -0.497 e. The van der Waals surface area contributed by atoms with Gasteiger partial charge in [-0.1, -0.05) is 0 Å². The SMILES string of the molecule is COc1ccc(NC(=O)NC=Cc2ccco2)cc1. The van der Waals surface area contributed by atoms with Crippen LogP contribution in [0.4, 0.5) is 10.5 Å². The van der Waals surface area contributed by atoms with Crippen molar-refractivity contribution in [3.05, 3.63) is 54.6 Å². The third-order valence-electron chi connectivity index (χ3n) is 2.35. The first kappa shape index (κ1) is 12.8. The number of carbonyl (C=O) groups excluding carboxylic acids is 1. The van der Waals surface area contributed by atoms with Gasteiger partial charge in [0.15, 0.2) is 0 Å². The van der Waals surface area contributed by atoms with Gasteiger partial charge >= 0.3 is 6.03 Å². The van der Waals surface area contributed by atoms with Gasteiger partial charge in [0.25, 0.3) is 0 Å². The van der Waals surface area contributed by atoms with Crippen LogP contribution in [0.2, 0.25) is 0 Å². The van der Waals surface area contributed by atoms with E-state index in [1.807, 2.05) is 0 Å². The second-order valence-corrected chi connectivity index (χ2v) is 3.68. The summed E-state index contributed by atoms with van der Waals surface area (Å²) in [6, 6.07) is 10.3. The van der Waals surface area contributed by atoms with Crippen LogP contribution in [0.25, 0.3) is 6.08 Å². The van der Waals surface area contributed by atoms with E-state index in [0.717, 1.165) is 5.75 Å². The molecular formula is C14H14N2O3. The smallest absolute Gasteiger partial charge is 0.323 e. The van der Waals surface area contributed by atoms with Gasteiger partial charge in [-0.05, 0) is 42.5 Å². The van der Waals surface area contributed by atoms with Gasteiger partial charge < -0.3 is 19.8 Å². The van der Waals surface area contributed by atoms with Crippen LogP contribution in [0.15, 0.2) is 53.3 Å². The molecular weight excluding hydrogens is 244 g/mol. The Morgan fingerprint density at radius 1 is 1.26 bits per heavy atom. The van der Waals surface area contributed by atoms with Crippen LogP contribution in [0.1, 0.15) is 5.76 Å². The fourth-order valence-electron chi connectivity index (χ4n) is 1.43. The number of rotatable bonds is 4. The summed E-state index contributed by atoms with van der Waals surface area (Å²) >= 11 is 0. The first-order valence-corrected chi connectivity index (χ1v) is 5.69. The van der Waals surface area contributed by atoms with Crippen molar-refractivity contribution in [3.63, 3.8) is 0 Å². The summed E-state index contributed by atoms with van der Waals surface area (Å²) in [6.45, 7) is 0. The molecule has 1 heterocycles. The highest BCUT2D eigenvalue weighted by atomic mass is 16.5. The Balaban J connectivity index is 1.83. The molecule has 0 atom stereocenters. The highest BCUT2D eigenvalue weighted by Crippen LogP contribution is 2.14. The van der Waals surface area contributed by atoms with Gasteiger partial charge in [0.2, 0.25) is 0 Å². The first-order chi connectivity index (χ1) is 9.28. The third kappa shape index (κ3) is 3.92. The Morgan fingerprint density at radius 3 is 2.68 bits per heavy atom. The zero-order valence-corrected chi connectivity index (χ0v) is 10.4. The van der Waals surface area contributed by atoms with Crippen molar-refractivity contribution in [3.8, 4) is 5.75 Å². The number of carbonyl (C=O) groups is 1. The van der Waals surface area contributed by atoms with E-state index >= 15 is 0 Å². The lowest BCUT2D eigenvalue weighted by molar-refractivity contribution is 0.255. The van der Waals surface area contributed by atoms with Crippen molar-refractivity contribution in [2.45, 2.75) is 0 Å². The van der Waals surface area contributed by atoms with E-state index < -0.39 is 0 Å². The zero-order valence-electron chi connectivity index (χ0n) is 10.4. The number of nitrogens with one attached hydrogen (secondary N) is 2. The molecule has 98 valence electrons. The van der Waals surface area contributed by atoms with Crippen molar-refractivity contribution in [2.24, 2.45) is 0 Å². The maximum absolute atomic E-state index is 11.6. The van der Waals surface area contributed by atoms with Gasteiger partial charge in [-0.15, -0.1) is 0 Å². The van der Waals surface area contributed by atoms with Crippen molar-refractivity contribution in [1.82, 2.24) is 5.32 Å². The van der Waals surface area contributed by atoms with E-state index in [9.17, 15) is 4.79 Å². The molecule has 0 aliphatic carbocycles. The maximum atomic E-state index is 11.6. The average molecular weight is 258 g/mol. The summed E-state index contributed by atoms with van der Waals surface area (Å²) in [5, 5.41) is 5.26. The summed E-state index contributed by atoms with van der Waals surface area (Å²) in [4.78, 5) is 11.6. The van der Waals surface area contributed by atoms with E-state index in [1.54, 1.807) is 55.8 Å². The van der Waals surface area contributed by atoms with E-state index in [1.165, 1.54) is 6.20 Å². The number of ether oxygens (including phenoxy) is 1. The van der Waals surface area contributed by atoms with Crippen LogP contribution in [0, 0.1) is 0 Å². The molecule has 0 spiro atoms. The molecule has 2 aromatic rings. The second-order valence-electron chi connectivity index (χ2n) is 3.68. The molecule has 5 nitrogen and oxygen atoms in total. The Bertz CT molecular complexity index is 545. The molecule has 19 heavy (non-hydrogen) atoms. The summed E-state index contributed by atoms with van der Waals surface area (Å²) in [5.41, 5.74) is 0.685. The van der Waals surface area contributed by atoms with Gasteiger partial charge in [-0.25, -0.2) is 4.79 Å². The van der Waals surface area contributed by atoms with E-state index in [2.05, 4.69) is 10.6 Å². The number of urea groups is 1. The van der Waals surface area contributed by atoms with E-state index in [0.29, 0.717) is 11.4 Å². The molecule has 0 saturated heterocycles. The lowest BCUT2D eigenvalue weighted by Gasteiger charge is -2.05. The highest BCUT2D eigenvalue weighted by molar-refractivity contribution is 5.90. The monoisotopic (exact) mass is 258 g/mol. The molecule has 0 aliphatic heterocycles. The lowest BCUT2D eigenvalue weighted by Crippen LogP contribution is -2.23. The Morgan fingerprint density at radius 2 is 2.05 bits per heavy atom. The summed E-state index contributed by atoms with van der Waals surface area (Å²) in [5.74, 6) is 1.41. The van der Waals surface area contributed by atoms with Crippen molar-refractivity contribution in [2.75, 3.05) is 12.4 Å². The van der Waals surface area contributed by atoms with Crippen LogP contribution >= 0.6 is 0 Å². The third-order valence-corrected chi connectivity index (χ3v) is 2.35. The normalized spacial score (nSPS) is 10.4. The molecule has 1 aromatic heterocycles. The molecule has 2 rings (SSSR count). The maximum Gasteiger partial charge on any atom is 0.323 e. The van der Waals surface area contributed by atoms with Gasteiger partial charge in [-0.3, -0.25) is 0 Å². The predicted octanol–water partition coefficient (Wildman–Crippen LogP) is 3.08. The molecule has 0 saturated carbocycles. The second kappa shape index (κ2) is 6.30. The molecule has 0 bridgehead atoms. The molecule has 0 fully saturated rings. The minimum atomic E-state index is -0.326. The summed E-state index contributed by atoms with van der Waals surface area (Å²) in [7, 11) is 1.59. The number of hydrogen-bond acceptors (Lipinski definition) is 3. The standard InChI is InChI=1S/C14H14N2O3/c1-18-12-6-4-11(5-7-12)16-14(17)15-9-8-13-3-2-10-19-13/h2-10H,1H3,(H2,15,16,17). The van der Waals surface area contributed by atoms with Crippen LogP contribution in [0.5, 0.6) is 5.75 Å². The van der Waals surface area contributed by atoms with E-state index in [-0.39, 0.29) is 6.03 Å². The van der Waals surface area contributed by atoms with Crippen LogP contribution in [-0.4, -0.2) is 13.1 Å². The first-order valence-electron chi connectivity index (χ1n) is 5.69. The van der Waals surface area contributed by atoms with Crippen molar-refractivity contribution >= 4 is 17.8 Å². The Hall–Kier alpha value is -2.69. The van der Waals surface area contributed by atoms with E-state index in [4.69, 9.17) is 9.15 Å².